The molecule has 100 valence electrons. The van der Waals surface area contributed by atoms with Crippen molar-refractivity contribution in [3.05, 3.63) is 52.8 Å². The molecule has 1 aliphatic carbocycles. The van der Waals surface area contributed by atoms with Gasteiger partial charge in [0, 0.05) is 22.8 Å². The van der Waals surface area contributed by atoms with Crippen LogP contribution in [0.2, 0.25) is 0 Å². The number of anilines is 1. The second kappa shape index (κ2) is 4.45. The summed E-state index contributed by atoms with van der Waals surface area (Å²) in [6.45, 7) is 3.68. The quantitative estimate of drug-likeness (QED) is 0.847. The van der Waals surface area contributed by atoms with Gasteiger partial charge in [0.15, 0.2) is 5.82 Å². The molecular weight excluding hydrogens is 256 g/mol. The molecule has 0 amide bonds. The van der Waals surface area contributed by atoms with E-state index in [1.54, 1.807) is 18.2 Å². The van der Waals surface area contributed by atoms with Crippen molar-refractivity contribution in [3.63, 3.8) is 0 Å². The molecule has 0 radical (unpaired) electrons. The van der Waals surface area contributed by atoms with Crippen molar-refractivity contribution in [1.82, 2.24) is 5.16 Å². The average Bonchev–Trinajstić information content (AvgIpc) is 2.76. The SMILES string of the molecule is Cc1onc(NC2=CC(=O)C(=O)c3ccccc32)c1C. The Hall–Kier alpha value is -2.69. The molecule has 0 atom stereocenters. The zero-order chi connectivity index (χ0) is 14.3. The molecule has 1 aliphatic rings. The van der Waals surface area contributed by atoms with Gasteiger partial charge in [0.05, 0.1) is 5.70 Å². The molecule has 1 N–H and O–H groups in total. The third-order valence-corrected chi connectivity index (χ3v) is 3.37. The summed E-state index contributed by atoms with van der Waals surface area (Å²) in [4.78, 5) is 23.6. The largest absolute Gasteiger partial charge is 0.359 e. The number of ketones is 2. The van der Waals surface area contributed by atoms with Crippen molar-refractivity contribution < 1.29 is 14.1 Å². The standard InChI is InChI=1S/C15H12N2O3/c1-8-9(2)20-17-15(8)16-12-7-13(18)14(19)11-6-4-3-5-10(11)12/h3-7H,1-2H3,(H,16,17). The van der Waals surface area contributed by atoms with Crippen LogP contribution in [0.25, 0.3) is 5.70 Å². The molecule has 5 nitrogen and oxygen atoms in total. The van der Waals surface area contributed by atoms with Crippen LogP contribution in [0.15, 0.2) is 34.9 Å². The number of carbonyl (C=O) groups is 2. The van der Waals surface area contributed by atoms with E-state index < -0.39 is 11.6 Å². The summed E-state index contributed by atoms with van der Waals surface area (Å²) in [6, 6.07) is 6.99. The van der Waals surface area contributed by atoms with E-state index >= 15 is 0 Å². The molecule has 1 aromatic carbocycles. The van der Waals surface area contributed by atoms with Crippen molar-refractivity contribution in [3.8, 4) is 0 Å². The number of aryl methyl sites for hydroxylation is 1. The van der Waals surface area contributed by atoms with Crippen molar-refractivity contribution in [2.45, 2.75) is 13.8 Å². The van der Waals surface area contributed by atoms with Crippen LogP contribution in [0.4, 0.5) is 5.82 Å². The third kappa shape index (κ3) is 1.84. The topological polar surface area (TPSA) is 72.2 Å². The fourth-order valence-corrected chi connectivity index (χ4v) is 2.09. The number of benzene rings is 1. The molecule has 1 aromatic heterocycles. The van der Waals surface area contributed by atoms with Gasteiger partial charge in [-0.05, 0) is 13.8 Å². The maximum Gasteiger partial charge on any atom is 0.233 e. The Balaban J connectivity index is 2.05. The Kier molecular flexibility index (Phi) is 2.75. The van der Waals surface area contributed by atoms with Gasteiger partial charge < -0.3 is 9.84 Å². The van der Waals surface area contributed by atoms with E-state index in [1.807, 2.05) is 19.9 Å². The first kappa shape index (κ1) is 12.3. The molecule has 2 aromatic rings. The number of carbonyl (C=O) groups excluding carboxylic acids is 2. The van der Waals surface area contributed by atoms with Gasteiger partial charge in [-0.25, -0.2) is 0 Å². The lowest BCUT2D eigenvalue weighted by Gasteiger charge is -2.16. The van der Waals surface area contributed by atoms with E-state index in [9.17, 15) is 9.59 Å². The van der Waals surface area contributed by atoms with Gasteiger partial charge in [0.25, 0.3) is 0 Å². The van der Waals surface area contributed by atoms with Crippen LogP contribution in [0.5, 0.6) is 0 Å². The minimum Gasteiger partial charge on any atom is -0.359 e. The first-order valence-electron chi connectivity index (χ1n) is 6.17. The average molecular weight is 268 g/mol. The third-order valence-electron chi connectivity index (χ3n) is 3.37. The lowest BCUT2D eigenvalue weighted by molar-refractivity contribution is -0.111. The van der Waals surface area contributed by atoms with E-state index in [0.717, 1.165) is 5.56 Å². The number of nitrogens with zero attached hydrogens (tertiary/aromatic N) is 1. The van der Waals surface area contributed by atoms with Crippen molar-refractivity contribution >= 4 is 23.1 Å². The highest BCUT2D eigenvalue weighted by atomic mass is 16.5. The molecule has 0 fully saturated rings. The van der Waals surface area contributed by atoms with Crippen LogP contribution in [-0.4, -0.2) is 16.7 Å². The Morgan fingerprint density at radius 2 is 1.80 bits per heavy atom. The maximum atomic E-state index is 11.8. The van der Waals surface area contributed by atoms with Gasteiger partial charge in [-0.1, -0.05) is 29.4 Å². The fourth-order valence-electron chi connectivity index (χ4n) is 2.09. The number of aromatic nitrogens is 1. The molecule has 0 aliphatic heterocycles. The molecular formula is C15H12N2O3. The lowest BCUT2D eigenvalue weighted by atomic mass is 9.93. The smallest absolute Gasteiger partial charge is 0.233 e. The molecule has 1 heterocycles. The summed E-state index contributed by atoms with van der Waals surface area (Å²) in [5, 5.41) is 6.96. The monoisotopic (exact) mass is 268 g/mol. The van der Waals surface area contributed by atoms with Crippen LogP contribution in [0.3, 0.4) is 0 Å². The van der Waals surface area contributed by atoms with Crippen LogP contribution in [0, 0.1) is 13.8 Å². The lowest BCUT2D eigenvalue weighted by Crippen LogP contribution is -2.21. The van der Waals surface area contributed by atoms with Gasteiger partial charge in [-0.2, -0.15) is 0 Å². The Bertz CT molecular complexity index is 756. The van der Waals surface area contributed by atoms with Gasteiger partial charge in [0.1, 0.15) is 5.76 Å². The molecule has 0 spiro atoms. The summed E-state index contributed by atoms with van der Waals surface area (Å²) in [5.74, 6) is 0.230. The number of nitrogens with one attached hydrogen (secondary N) is 1. The molecule has 3 rings (SSSR count). The summed E-state index contributed by atoms with van der Waals surface area (Å²) < 4.78 is 5.08. The first-order chi connectivity index (χ1) is 9.58. The van der Waals surface area contributed by atoms with E-state index in [2.05, 4.69) is 10.5 Å². The van der Waals surface area contributed by atoms with Gasteiger partial charge in [-0.3, -0.25) is 9.59 Å². The predicted molar refractivity (Wildman–Crippen MR) is 73.4 cm³/mol. The number of allylic oxidation sites excluding steroid dienone is 1. The molecule has 0 saturated heterocycles. The van der Waals surface area contributed by atoms with Gasteiger partial charge >= 0.3 is 0 Å². The normalized spacial score (nSPS) is 14.0. The highest BCUT2D eigenvalue weighted by Crippen LogP contribution is 2.27. The Morgan fingerprint density at radius 1 is 1.10 bits per heavy atom. The Labute approximate surface area is 115 Å². The minimum atomic E-state index is -0.538. The van der Waals surface area contributed by atoms with E-state index in [-0.39, 0.29) is 0 Å². The molecule has 0 bridgehead atoms. The summed E-state index contributed by atoms with van der Waals surface area (Å²) in [5.41, 5.74) is 2.52. The number of Topliss-reactive ketones (excluding diaryl/α,β-unsaturated/α-hetero) is 1. The van der Waals surface area contributed by atoms with Crippen LogP contribution in [0.1, 0.15) is 27.2 Å². The van der Waals surface area contributed by atoms with Gasteiger partial charge in [-0.15, -0.1) is 0 Å². The molecule has 0 unspecified atom stereocenters. The molecule has 5 heteroatoms. The maximum absolute atomic E-state index is 11.8. The second-order valence-electron chi connectivity index (χ2n) is 4.63. The number of rotatable bonds is 2. The number of fused-ring (bicyclic) bond motifs is 1. The minimum absolute atomic E-state index is 0.403. The van der Waals surface area contributed by atoms with E-state index in [4.69, 9.17) is 4.52 Å². The van der Waals surface area contributed by atoms with Crippen LogP contribution in [-0.2, 0) is 4.79 Å². The van der Waals surface area contributed by atoms with Crippen LogP contribution >= 0.6 is 0 Å². The van der Waals surface area contributed by atoms with Crippen molar-refractivity contribution in [2.24, 2.45) is 0 Å². The summed E-state index contributed by atoms with van der Waals surface area (Å²) in [6.07, 6.45) is 1.30. The van der Waals surface area contributed by atoms with Crippen molar-refractivity contribution in [1.29, 1.82) is 0 Å². The fraction of sp³-hybridized carbons (Fsp3) is 0.133. The van der Waals surface area contributed by atoms with Crippen LogP contribution < -0.4 is 5.32 Å². The number of hydrogen-bond donors (Lipinski definition) is 1. The van der Waals surface area contributed by atoms with Crippen molar-refractivity contribution in [2.75, 3.05) is 5.32 Å². The zero-order valence-corrected chi connectivity index (χ0v) is 11.1. The summed E-state index contributed by atoms with van der Waals surface area (Å²) in [7, 11) is 0. The number of hydrogen-bond acceptors (Lipinski definition) is 5. The second-order valence-corrected chi connectivity index (χ2v) is 4.63. The first-order valence-corrected chi connectivity index (χ1v) is 6.17. The highest BCUT2D eigenvalue weighted by Gasteiger charge is 2.26. The van der Waals surface area contributed by atoms with E-state index in [1.165, 1.54) is 6.08 Å². The molecule has 0 saturated carbocycles. The van der Waals surface area contributed by atoms with E-state index in [0.29, 0.717) is 28.4 Å². The zero-order valence-electron chi connectivity index (χ0n) is 11.1. The highest BCUT2D eigenvalue weighted by molar-refractivity contribution is 6.50. The van der Waals surface area contributed by atoms with Gasteiger partial charge in [0.2, 0.25) is 11.6 Å². The molecule has 20 heavy (non-hydrogen) atoms. The predicted octanol–water partition coefficient (Wildman–Crippen LogP) is 2.51. The Morgan fingerprint density at radius 3 is 2.45 bits per heavy atom. The summed E-state index contributed by atoms with van der Waals surface area (Å²) >= 11 is 0.